The highest BCUT2D eigenvalue weighted by Crippen LogP contribution is 2.29. The Balaban J connectivity index is 2.11. The van der Waals surface area contributed by atoms with Gasteiger partial charge < -0.3 is 4.90 Å². The summed E-state index contributed by atoms with van der Waals surface area (Å²) in [6, 6.07) is 9.82. The Kier molecular flexibility index (Phi) is 6.48. The molecule has 0 saturated heterocycles. The van der Waals surface area contributed by atoms with Gasteiger partial charge in [-0.3, -0.25) is 9.63 Å². The monoisotopic (exact) mass is 416 g/mol. The molecule has 10 heteroatoms. The second-order valence-electron chi connectivity index (χ2n) is 5.98. The van der Waals surface area contributed by atoms with Crippen molar-refractivity contribution in [1.82, 2.24) is 9.37 Å². The molecule has 0 unspecified atom stereocenters. The first-order valence-electron chi connectivity index (χ1n) is 8.01. The van der Waals surface area contributed by atoms with Crippen LogP contribution in [0.25, 0.3) is 0 Å². The van der Waals surface area contributed by atoms with Gasteiger partial charge in [-0.05, 0) is 42.0 Å². The molecule has 0 spiro atoms. The summed E-state index contributed by atoms with van der Waals surface area (Å²) >= 11 is 0. The van der Waals surface area contributed by atoms with E-state index in [9.17, 15) is 26.4 Å². The number of sulfonamides is 1. The van der Waals surface area contributed by atoms with Crippen LogP contribution in [0.15, 0.2) is 53.4 Å². The summed E-state index contributed by atoms with van der Waals surface area (Å²) in [5.74, 6) is -0.399. The summed E-state index contributed by atoms with van der Waals surface area (Å²) in [5.41, 5.74) is 0.0150. The van der Waals surface area contributed by atoms with E-state index in [2.05, 4.69) is 4.84 Å². The van der Waals surface area contributed by atoms with Gasteiger partial charge in [0.05, 0.1) is 17.6 Å². The number of alkyl halides is 3. The molecule has 0 bridgehead atoms. The van der Waals surface area contributed by atoms with E-state index in [1.165, 1.54) is 62.5 Å². The molecule has 0 aliphatic rings. The maximum atomic E-state index is 12.6. The van der Waals surface area contributed by atoms with E-state index in [0.717, 1.165) is 12.1 Å². The molecule has 6 nitrogen and oxygen atoms in total. The lowest BCUT2D eigenvalue weighted by molar-refractivity contribution is -0.137. The molecular weight excluding hydrogens is 397 g/mol. The van der Waals surface area contributed by atoms with Crippen LogP contribution in [0.3, 0.4) is 0 Å². The number of carbonyl (C=O) groups excluding carboxylic acids is 1. The molecule has 0 radical (unpaired) electrons. The van der Waals surface area contributed by atoms with Crippen molar-refractivity contribution in [1.29, 1.82) is 0 Å². The van der Waals surface area contributed by atoms with Crippen LogP contribution >= 0.6 is 0 Å². The number of hydrogen-bond acceptors (Lipinski definition) is 4. The summed E-state index contributed by atoms with van der Waals surface area (Å²) in [6.07, 6.45) is -4.42. The predicted octanol–water partition coefficient (Wildman–Crippen LogP) is 3.16. The Morgan fingerprint density at radius 2 is 1.54 bits per heavy atom. The lowest BCUT2D eigenvalue weighted by atomic mass is 10.1. The summed E-state index contributed by atoms with van der Waals surface area (Å²) in [5, 5.41) is 0. The minimum Gasteiger partial charge on any atom is -0.337 e. The second kappa shape index (κ2) is 8.29. The molecule has 0 heterocycles. The van der Waals surface area contributed by atoms with Gasteiger partial charge in [-0.25, -0.2) is 8.42 Å². The number of hydrogen-bond donors (Lipinski definition) is 0. The molecule has 2 rings (SSSR count). The third-order valence-corrected chi connectivity index (χ3v) is 5.74. The quantitative estimate of drug-likeness (QED) is 0.679. The Morgan fingerprint density at radius 1 is 1.00 bits per heavy atom. The van der Waals surface area contributed by atoms with E-state index in [-0.39, 0.29) is 17.0 Å². The van der Waals surface area contributed by atoms with Crippen LogP contribution in [0.4, 0.5) is 13.2 Å². The van der Waals surface area contributed by atoms with E-state index in [0.29, 0.717) is 10.0 Å². The Morgan fingerprint density at radius 3 is 2.00 bits per heavy atom. The van der Waals surface area contributed by atoms with E-state index >= 15 is 0 Å². The third-order valence-electron chi connectivity index (χ3n) is 4.04. The zero-order valence-electron chi connectivity index (χ0n) is 15.4. The van der Waals surface area contributed by atoms with Crippen LogP contribution < -0.4 is 0 Å². The van der Waals surface area contributed by atoms with Gasteiger partial charge in [-0.1, -0.05) is 16.6 Å². The highest BCUT2D eigenvalue weighted by molar-refractivity contribution is 7.89. The second-order valence-corrected chi connectivity index (χ2v) is 7.91. The Hall–Kier alpha value is -2.43. The van der Waals surface area contributed by atoms with Gasteiger partial charge in [0.2, 0.25) is 0 Å². The van der Waals surface area contributed by atoms with Gasteiger partial charge >= 0.3 is 6.18 Å². The Bertz CT molecular complexity index is 927. The van der Waals surface area contributed by atoms with Gasteiger partial charge in [0.25, 0.3) is 15.9 Å². The molecule has 2 aromatic rings. The van der Waals surface area contributed by atoms with E-state index in [4.69, 9.17) is 0 Å². The molecule has 152 valence electrons. The average molecular weight is 416 g/mol. The lowest BCUT2D eigenvalue weighted by Crippen LogP contribution is -2.27. The highest BCUT2D eigenvalue weighted by Gasteiger charge is 2.30. The maximum Gasteiger partial charge on any atom is 0.416 e. The van der Waals surface area contributed by atoms with Crippen LogP contribution in [0.2, 0.25) is 0 Å². The lowest BCUT2D eigenvalue weighted by Gasteiger charge is -2.18. The maximum absolute atomic E-state index is 12.6. The van der Waals surface area contributed by atoms with Gasteiger partial charge in [-0.15, -0.1) is 0 Å². The fourth-order valence-electron chi connectivity index (χ4n) is 2.38. The Labute approximate surface area is 161 Å². The number of amides is 1. The van der Waals surface area contributed by atoms with Crippen molar-refractivity contribution >= 4 is 15.9 Å². The molecular formula is C18H19F3N2O4S. The molecule has 0 atom stereocenters. The average Bonchev–Trinajstić information content (AvgIpc) is 2.66. The molecule has 1 amide bonds. The zero-order chi connectivity index (χ0) is 21.1. The molecule has 0 N–H and O–H groups in total. The first-order valence-corrected chi connectivity index (χ1v) is 9.45. The minimum atomic E-state index is -4.42. The number of carbonyl (C=O) groups is 1. The van der Waals surface area contributed by atoms with Gasteiger partial charge in [0, 0.05) is 26.2 Å². The molecule has 0 saturated carbocycles. The van der Waals surface area contributed by atoms with Crippen molar-refractivity contribution in [3.05, 3.63) is 65.2 Å². The van der Waals surface area contributed by atoms with Gasteiger partial charge in [0.15, 0.2) is 0 Å². The number of nitrogens with zero attached hydrogens (tertiary/aromatic N) is 2. The predicted molar refractivity (Wildman–Crippen MR) is 95.6 cm³/mol. The fourth-order valence-corrected chi connectivity index (χ4v) is 3.35. The topological polar surface area (TPSA) is 66.9 Å². The summed E-state index contributed by atoms with van der Waals surface area (Å²) in [6.45, 7) is 0.101. The van der Waals surface area contributed by atoms with Gasteiger partial charge in [0.1, 0.15) is 0 Å². The smallest absolute Gasteiger partial charge is 0.337 e. The first kappa shape index (κ1) is 21.9. The first-order chi connectivity index (χ1) is 13.0. The normalized spacial score (nSPS) is 12.2. The van der Waals surface area contributed by atoms with Crippen LogP contribution in [-0.2, 0) is 27.6 Å². The van der Waals surface area contributed by atoms with E-state index in [1.54, 1.807) is 0 Å². The molecule has 0 aromatic heterocycles. The van der Waals surface area contributed by atoms with Crippen molar-refractivity contribution < 1.29 is 31.2 Å². The molecule has 0 fully saturated rings. The van der Waals surface area contributed by atoms with Crippen LogP contribution in [0, 0.1) is 0 Å². The summed E-state index contributed by atoms with van der Waals surface area (Å²) in [7, 11) is 0.137. The van der Waals surface area contributed by atoms with Crippen molar-refractivity contribution in [2.24, 2.45) is 0 Å². The third kappa shape index (κ3) is 4.89. The highest BCUT2D eigenvalue weighted by atomic mass is 32.2. The van der Waals surface area contributed by atoms with E-state index in [1.807, 2.05) is 0 Å². The van der Waals surface area contributed by atoms with Crippen LogP contribution in [-0.4, -0.2) is 44.9 Å². The van der Waals surface area contributed by atoms with Gasteiger partial charge in [-0.2, -0.15) is 13.2 Å². The van der Waals surface area contributed by atoms with Crippen molar-refractivity contribution in [2.45, 2.75) is 17.6 Å². The molecule has 28 heavy (non-hydrogen) atoms. The number of benzene rings is 2. The standard InChI is InChI=1S/C18H19F3N2O4S/c1-22(12-13-4-8-15(9-5-13)18(19,20)21)17(24)14-6-10-16(11-7-14)28(25,26)23(2)27-3/h4-11H,12H2,1-3H3. The van der Waals surface area contributed by atoms with Crippen molar-refractivity contribution in [3.63, 3.8) is 0 Å². The molecule has 0 aliphatic heterocycles. The van der Waals surface area contributed by atoms with Crippen LogP contribution in [0.1, 0.15) is 21.5 Å². The fraction of sp³-hybridized carbons (Fsp3) is 0.278. The largest absolute Gasteiger partial charge is 0.416 e. The zero-order valence-corrected chi connectivity index (χ0v) is 16.2. The SMILES string of the molecule is CON(C)S(=O)(=O)c1ccc(C(=O)N(C)Cc2ccc(C(F)(F)F)cc2)cc1. The summed E-state index contributed by atoms with van der Waals surface area (Å²) in [4.78, 5) is 18.5. The number of halogens is 3. The molecule has 2 aromatic carbocycles. The molecule has 0 aliphatic carbocycles. The number of hydroxylamine groups is 1. The van der Waals surface area contributed by atoms with Crippen molar-refractivity contribution in [3.8, 4) is 0 Å². The minimum absolute atomic E-state index is 0.0428. The van der Waals surface area contributed by atoms with Crippen molar-refractivity contribution in [2.75, 3.05) is 21.2 Å². The number of rotatable bonds is 6. The van der Waals surface area contributed by atoms with Crippen LogP contribution in [0.5, 0.6) is 0 Å². The van der Waals surface area contributed by atoms with E-state index < -0.39 is 27.7 Å². The summed E-state index contributed by atoms with van der Waals surface area (Å²) < 4.78 is 62.8.